The van der Waals surface area contributed by atoms with Crippen LogP contribution in [0.3, 0.4) is 0 Å². The summed E-state index contributed by atoms with van der Waals surface area (Å²) in [5.41, 5.74) is 6.81. The first kappa shape index (κ1) is 16.2. The predicted molar refractivity (Wildman–Crippen MR) is 91.1 cm³/mol. The number of allylic oxidation sites excluding steroid dienone is 1. The van der Waals surface area contributed by atoms with Crippen LogP contribution in [0.1, 0.15) is 58.8 Å². The van der Waals surface area contributed by atoms with Gasteiger partial charge in [-0.15, -0.1) is 0 Å². The molecule has 0 saturated heterocycles. The van der Waals surface area contributed by atoms with Crippen LogP contribution in [-0.2, 0) is 9.53 Å². The van der Waals surface area contributed by atoms with Gasteiger partial charge in [0.15, 0.2) is 5.78 Å². The number of fused-ring (bicyclic) bond motifs is 5. The number of nitrogens with two attached hydrogens (primary N) is 1. The van der Waals surface area contributed by atoms with E-state index in [2.05, 4.69) is 13.8 Å². The first-order valence-electron chi connectivity index (χ1n) is 9.59. The van der Waals surface area contributed by atoms with E-state index in [1.54, 1.807) is 0 Å². The van der Waals surface area contributed by atoms with Gasteiger partial charge >= 0.3 is 6.09 Å². The van der Waals surface area contributed by atoms with Gasteiger partial charge < -0.3 is 10.5 Å². The Morgan fingerprint density at radius 2 is 2.08 bits per heavy atom. The second-order valence-corrected chi connectivity index (χ2v) is 8.91. The third-order valence-corrected chi connectivity index (χ3v) is 7.81. The van der Waals surface area contributed by atoms with Crippen molar-refractivity contribution < 1.29 is 14.3 Å². The summed E-state index contributed by atoms with van der Waals surface area (Å²) in [6.45, 7) is 4.68. The zero-order valence-electron chi connectivity index (χ0n) is 14.8. The monoisotopic (exact) mass is 331 g/mol. The zero-order valence-corrected chi connectivity index (χ0v) is 14.8. The third kappa shape index (κ3) is 2.33. The minimum atomic E-state index is -0.628. The van der Waals surface area contributed by atoms with Crippen LogP contribution in [0.5, 0.6) is 0 Å². The Hall–Kier alpha value is -1.32. The molecule has 3 saturated carbocycles. The van der Waals surface area contributed by atoms with Crippen molar-refractivity contribution in [3.8, 4) is 0 Å². The van der Waals surface area contributed by atoms with Crippen LogP contribution >= 0.6 is 0 Å². The molecule has 4 aliphatic rings. The molecule has 4 aliphatic carbocycles. The summed E-state index contributed by atoms with van der Waals surface area (Å²) < 4.78 is 5.50. The first-order chi connectivity index (χ1) is 11.4. The Balaban J connectivity index is 1.62. The largest absolute Gasteiger partial charge is 0.446 e. The number of ketones is 1. The van der Waals surface area contributed by atoms with Gasteiger partial charge in [0.2, 0.25) is 0 Å². The van der Waals surface area contributed by atoms with Gasteiger partial charge in [0.1, 0.15) is 6.10 Å². The molecular formula is C20H29NO3. The van der Waals surface area contributed by atoms with Crippen molar-refractivity contribution in [2.45, 2.75) is 64.9 Å². The zero-order chi connectivity index (χ0) is 17.1. The fourth-order valence-corrected chi connectivity index (χ4v) is 6.87. The van der Waals surface area contributed by atoms with Crippen molar-refractivity contribution in [1.29, 1.82) is 0 Å². The highest BCUT2D eigenvalue weighted by molar-refractivity contribution is 5.91. The van der Waals surface area contributed by atoms with Crippen molar-refractivity contribution >= 4 is 11.9 Å². The van der Waals surface area contributed by atoms with Crippen LogP contribution in [0.15, 0.2) is 11.6 Å². The molecule has 0 aromatic carbocycles. The van der Waals surface area contributed by atoms with Crippen LogP contribution in [0, 0.1) is 35.0 Å². The van der Waals surface area contributed by atoms with E-state index >= 15 is 0 Å². The highest BCUT2D eigenvalue weighted by atomic mass is 16.6. The maximum atomic E-state index is 11.8. The van der Waals surface area contributed by atoms with E-state index < -0.39 is 6.09 Å². The Bertz CT molecular complexity index is 598. The van der Waals surface area contributed by atoms with E-state index in [1.807, 2.05) is 6.08 Å². The van der Waals surface area contributed by atoms with Crippen molar-refractivity contribution in [3.63, 3.8) is 0 Å². The molecule has 2 N–H and O–H groups in total. The lowest BCUT2D eigenvalue weighted by atomic mass is 9.49. The Labute approximate surface area is 144 Å². The normalized spacial score (nSPS) is 47.2. The van der Waals surface area contributed by atoms with Crippen LogP contribution in [0.2, 0.25) is 0 Å². The molecule has 3 fully saturated rings. The maximum absolute atomic E-state index is 11.8. The number of amides is 1. The van der Waals surface area contributed by atoms with Gasteiger partial charge in [-0.05, 0) is 74.2 Å². The SMILES string of the molecule is C[C@@H]1CC2=CC(=O)CCC2C2CC[C@@]3(C)C(CC[C@@H]3OC(N)=O)C21. The standard InChI is InChI=1S/C20H29NO3/c1-11-9-12-10-13(22)3-4-14(12)15-7-8-20(2)16(18(11)15)5-6-17(20)24-19(21)23/h10-11,14-18H,3-9H2,1-2H3,(H2,21,23)/t11-,14?,15?,16?,17+,18?,20+/m1/s1. The fourth-order valence-electron chi connectivity index (χ4n) is 6.87. The smallest absolute Gasteiger partial charge is 0.404 e. The van der Waals surface area contributed by atoms with Gasteiger partial charge in [-0.25, -0.2) is 4.79 Å². The molecule has 0 bridgehead atoms. The maximum Gasteiger partial charge on any atom is 0.404 e. The molecule has 0 aliphatic heterocycles. The average Bonchev–Trinajstić information content (AvgIpc) is 2.83. The molecule has 1 amide bonds. The second kappa shape index (κ2) is 5.60. The minimum Gasteiger partial charge on any atom is -0.446 e. The van der Waals surface area contributed by atoms with E-state index in [4.69, 9.17) is 10.5 Å². The molecule has 4 rings (SSSR count). The fraction of sp³-hybridized carbons (Fsp3) is 0.800. The van der Waals surface area contributed by atoms with Crippen molar-refractivity contribution in [2.75, 3.05) is 0 Å². The molecule has 132 valence electrons. The van der Waals surface area contributed by atoms with E-state index in [0.29, 0.717) is 35.4 Å². The van der Waals surface area contributed by atoms with E-state index in [-0.39, 0.29) is 11.5 Å². The lowest BCUT2D eigenvalue weighted by Gasteiger charge is -2.55. The molecule has 24 heavy (non-hydrogen) atoms. The first-order valence-corrected chi connectivity index (χ1v) is 9.59. The highest BCUT2D eigenvalue weighted by Crippen LogP contribution is 2.63. The molecule has 4 nitrogen and oxygen atoms in total. The van der Waals surface area contributed by atoms with Gasteiger partial charge in [-0.3, -0.25) is 4.79 Å². The molecule has 4 unspecified atom stereocenters. The lowest BCUT2D eigenvalue weighted by molar-refractivity contribution is -0.116. The third-order valence-electron chi connectivity index (χ3n) is 7.81. The number of primary amides is 1. The summed E-state index contributed by atoms with van der Waals surface area (Å²) in [7, 11) is 0. The number of carbonyl (C=O) groups is 2. The van der Waals surface area contributed by atoms with E-state index in [0.717, 1.165) is 38.5 Å². The Morgan fingerprint density at radius 3 is 2.83 bits per heavy atom. The van der Waals surface area contributed by atoms with Crippen LogP contribution in [0.4, 0.5) is 4.79 Å². The Morgan fingerprint density at radius 1 is 1.29 bits per heavy atom. The number of ether oxygens (including phenoxy) is 1. The van der Waals surface area contributed by atoms with Crippen molar-refractivity contribution in [2.24, 2.45) is 40.7 Å². The molecule has 7 atom stereocenters. The van der Waals surface area contributed by atoms with Gasteiger partial charge in [0.05, 0.1) is 0 Å². The van der Waals surface area contributed by atoms with Gasteiger partial charge in [-0.2, -0.15) is 0 Å². The number of hydrogen-bond donors (Lipinski definition) is 1. The second-order valence-electron chi connectivity index (χ2n) is 8.91. The summed E-state index contributed by atoms with van der Waals surface area (Å²) in [6, 6.07) is 0. The topological polar surface area (TPSA) is 69.4 Å². The molecule has 0 aromatic rings. The van der Waals surface area contributed by atoms with E-state index in [9.17, 15) is 9.59 Å². The molecule has 0 heterocycles. The molecular weight excluding hydrogens is 302 g/mol. The summed E-state index contributed by atoms with van der Waals surface area (Å²) in [4.78, 5) is 23.1. The number of hydrogen-bond acceptors (Lipinski definition) is 3. The van der Waals surface area contributed by atoms with Crippen molar-refractivity contribution in [3.05, 3.63) is 11.6 Å². The number of carbonyl (C=O) groups excluding carboxylic acids is 2. The summed E-state index contributed by atoms with van der Waals surface area (Å²) in [6.07, 6.45) is 8.56. The van der Waals surface area contributed by atoms with Crippen molar-refractivity contribution in [1.82, 2.24) is 0 Å². The summed E-state index contributed by atoms with van der Waals surface area (Å²) in [5, 5.41) is 0. The molecule has 0 spiro atoms. The average molecular weight is 331 g/mol. The van der Waals surface area contributed by atoms with Gasteiger partial charge in [0, 0.05) is 11.8 Å². The van der Waals surface area contributed by atoms with Gasteiger partial charge in [-0.1, -0.05) is 19.4 Å². The number of rotatable bonds is 1. The van der Waals surface area contributed by atoms with Gasteiger partial charge in [0.25, 0.3) is 0 Å². The minimum absolute atomic E-state index is 0.0157. The lowest BCUT2D eigenvalue weighted by Crippen LogP contribution is -2.51. The Kier molecular flexibility index (Phi) is 3.77. The molecule has 0 radical (unpaired) electrons. The van der Waals surface area contributed by atoms with E-state index in [1.165, 1.54) is 12.0 Å². The molecule has 0 aromatic heterocycles. The molecule has 4 heteroatoms. The summed E-state index contributed by atoms with van der Waals surface area (Å²) in [5.74, 6) is 3.57. The van der Waals surface area contributed by atoms with Crippen LogP contribution in [-0.4, -0.2) is 18.0 Å². The quantitative estimate of drug-likeness (QED) is 0.793. The highest BCUT2D eigenvalue weighted by Gasteiger charge is 2.58. The summed E-state index contributed by atoms with van der Waals surface area (Å²) >= 11 is 0. The van der Waals surface area contributed by atoms with Crippen LogP contribution in [0.25, 0.3) is 0 Å². The predicted octanol–water partition coefficient (Wildman–Crippen LogP) is 3.84. The van der Waals surface area contributed by atoms with Crippen LogP contribution < -0.4 is 5.73 Å².